The number of benzene rings is 2. The number of amides is 1. The van der Waals surface area contributed by atoms with Crippen LogP contribution in [0.5, 0.6) is 5.75 Å². The lowest BCUT2D eigenvalue weighted by Crippen LogP contribution is -2.38. The molecule has 0 N–H and O–H groups in total. The Hall–Kier alpha value is -2.61. The number of anilines is 1. The Morgan fingerprint density at radius 2 is 1.91 bits per heavy atom. The van der Waals surface area contributed by atoms with Crippen LogP contribution in [0, 0.1) is 0 Å². The molecule has 0 radical (unpaired) electrons. The molecule has 2 heterocycles. The van der Waals surface area contributed by atoms with Gasteiger partial charge in [-0.2, -0.15) is 0 Å². The van der Waals surface area contributed by atoms with Crippen LogP contribution in [0.3, 0.4) is 0 Å². The van der Waals surface area contributed by atoms with E-state index in [0.29, 0.717) is 22.5 Å². The van der Waals surface area contributed by atoms with Crippen LogP contribution in [0.25, 0.3) is 6.08 Å². The van der Waals surface area contributed by atoms with Crippen molar-refractivity contribution in [3.05, 3.63) is 65.4 Å². The Labute approximate surface area is 200 Å². The van der Waals surface area contributed by atoms with E-state index in [2.05, 4.69) is 30.9 Å². The third kappa shape index (κ3) is 5.85. The van der Waals surface area contributed by atoms with Crippen LogP contribution in [-0.2, 0) is 9.53 Å². The Morgan fingerprint density at radius 3 is 2.61 bits per heavy atom. The third-order valence-corrected chi connectivity index (χ3v) is 6.71. The number of aliphatic imine (C=N–C) groups is 1. The van der Waals surface area contributed by atoms with Gasteiger partial charge in [-0.3, -0.25) is 14.6 Å². The van der Waals surface area contributed by atoms with Gasteiger partial charge in [0, 0.05) is 31.5 Å². The lowest BCUT2D eigenvalue weighted by molar-refractivity contribution is -0.113. The van der Waals surface area contributed by atoms with Crippen LogP contribution in [0.1, 0.15) is 30.9 Å². The first-order valence-electron chi connectivity index (χ1n) is 11.4. The van der Waals surface area contributed by atoms with Gasteiger partial charge in [0.2, 0.25) is 0 Å². The molecule has 7 heteroatoms. The predicted octanol–water partition coefficient (Wildman–Crippen LogP) is 4.63. The first-order valence-corrected chi connectivity index (χ1v) is 12.4. The van der Waals surface area contributed by atoms with E-state index in [0.717, 1.165) is 49.9 Å². The molecule has 4 rings (SSSR count). The largest absolute Gasteiger partial charge is 0.497 e. The van der Waals surface area contributed by atoms with Crippen molar-refractivity contribution in [2.24, 2.45) is 4.99 Å². The van der Waals surface area contributed by atoms with E-state index in [1.54, 1.807) is 23.8 Å². The zero-order valence-corrected chi connectivity index (χ0v) is 20.3. The number of rotatable bonds is 7. The van der Waals surface area contributed by atoms with Gasteiger partial charge in [-0.25, -0.2) is 4.99 Å². The summed E-state index contributed by atoms with van der Waals surface area (Å²) in [5, 5.41) is 0.701. The van der Waals surface area contributed by atoms with E-state index in [-0.39, 0.29) is 5.91 Å². The van der Waals surface area contributed by atoms with Crippen LogP contribution < -0.4 is 9.64 Å². The lowest BCUT2D eigenvalue weighted by atomic mass is 10.0. The van der Waals surface area contributed by atoms with Gasteiger partial charge in [-0.1, -0.05) is 55.9 Å². The molecular weight excluding hydrogens is 434 g/mol. The minimum Gasteiger partial charge on any atom is -0.497 e. The summed E-state index contributed by atoms with van der Waals surface area (Å²) in [6.45, 7) is 8.73. The molecule has 0 aromatic heterocycles. The van der Waals surface area contributed by atoms with Crippen LogP contribution >= 0.6 is 11.8 Å². The fourth-order valence-electron chi connectivity index (χ4n) is 3.80. The second kappa shape index (κ2) is 11.0. The summed E-state index contributed by atoms with van der Waals surface area (Å²) in [5.74, 6) is 1.91. The van der Waals surface area contributed by atoms with Gasteiger partial charge < -0.3 is 9.47 Å². The molecule has 33 heavy (non-hydrogen) atoms. The number of amidine groups is 1. The van der Waals surface area contributed by atoms with Crippen molar-refractivity contribution in [2.45, 2.75) is 19.8 Å². The fourth-order valence-corrected chi connectivity index (χ4v) is 4.81. The minimum absolute atomic E-state index is 0.120. The molecule has 0 atom stereocenters. The van der Waals surface area contributed by atoms with E-state index in [1.807, 2.05) is 42.5 Å². The molecule has 0 aliphatic carbocycles. The monoisotopic (exact) mass is 465 g/mol. The molecule has 0 saturated carbocycles. The predicted molar refractivity (Wildman–Crippen MR) is 136 cm³/mol. The summed E-state index contributed by atoms with van der Waals surface area (Å²) < 4.78 is 10.8. The number of ether oxygens (including phenoxy) is 2. The van der Waals surface area contributed by atoms with Gasteiger partial charge in [0.05, 0.1) is 26.0 Å². The summed E-state index contributed by atoms with van der Waals surface area (Å²) in [5.41, 5.74) is 3.45. The molecule has 2 aliphatic heterocycles. The molecule has 2 aliphatic rings. The Kier molecular flexibility index (Phi) is 7.85. The van der Waals surface area contributed by atoms with E-state index >= 15 is 0 Å². The number of hydrogen-bond acceptors (Lipinski definition) is 6. The summed E-state index contributed by atoms with van der Waals surface area (Å²) in [6.07, 6.45) is 1.87. The summed E-state index contributed by atoms with van der Waals surface area (Å²) >= 11 is 1.61. The van der Waals surface area contributed by atoms with Crippen LogP contribution in [-0.4, -0.2) is 61.7 Å². The number of carbonyl (C=O) groups excluding carboxylic acids is 1. The average Bonchev–Trinajstić information content (AvgIpc) is 3.14. The third-order valence-electron chi connectivity index (χ3n) is 5.79. The summed E-state index contributed by atoms with van der Waals surface area (Å²) in [6, 6.07) is 15.9. The fraction of sp³-hybridized carbons (Fsp3) is 0.385. The SMILES string of the molecule is COc1cccc(N2C(=O)C(=Cc3ccc(C(C)C)cc3)N=C2SCCN2CCOCC2)c1. The highest BCUT2D eigenvalue weighted by Gasteiger charge is 2.32. The number of carbonyl (C=O) groups is 1. The molecular formula is C26H31N3O3S. The molecule has 0 bridgehead atoms. The maximum absolute atomic E-state index is 13.4. The first-order chi connectivity index (χ1) is 16.0. The van der Waals surface area contributed by atoms with Gasteiger partial charge >= 0.3 is 0 Å². The minimum atomic E-state index is -0.120. The van der Waals surface area contributed by atoms with Crippen molar-refractivity contribution in [1.29, 1.82) is 0 Å². The number of hydrogen-bond donors (Lipinski definition) is 0. The Morgan fingerprint density at radius 1 is 1.15 bits per heavy atom. The Bertz CT molecular complexity index is 1030. The second-order valence-corrected chi connectivity index (χ2v) is 9.45. The zero-order valence-electron chi connectivity index (χ0n) is 19.5. The second-order valence-electron chi connectivity index (χ2n) is 8.39. The highest BCUT2D eigenvalue weighted by Crippen LogP contribution is 2.31. The van der Waals surface area contributed by atoms with E-state index in [1.165, 1.54) is 5.56 Å². The van der Waals surface area contributed by atoms with Crippen molar-refractivity contribution >= 4 is 34.6 Å². The lowest BCUT2D eigenvalue weighted by Gasteiger charge is -2.26. The molecule has 0 spiro atoms. The maximum atomic E-state index is 13.4. The Balaban J connectivity index is 1.57. The number of nitrogens with zero attached hydrogens (tertiary/aromatic N) is 3. The molecule has 1 amide bonds. The quantitative estimate of drug-likeness (QED) is 0.558. The van der Waals surface area contributed by atoms with Crippen molar-refractivity contribution in [2.75, 3.05) is 50.6 Å². The smallest absolute Gasteiger partial charge is 0.283 e. The average molecular weight is 466 g/mol. The number of methoxy groups -OCH3 is 1. The van der Waals surface area contributed by atoms with Gasteiger partial charge in [0.1, 0.15) is 11.4 Å². The van der Waals surface area contributed by atoms with Crippen molar-refractivity contribution in [3.8, 4) is 5.75 Å². The molecule has 1 fully saturated rings. The van der Waals surface area contributed by atoms with E-state index in [9.17, 15) is 4.79 Å². The normalized spacial score (nSPS) is 18.3. The zero-order chi connectivity index (χ0) is 23.2. The molecule has 6 nitrogen and oxygen atoms in total. The van der Waals surface area contributed by atoms with Crippen molar-refractivity contribution in [1.82, 2.24) is 4.90 Å². The van der Waals surface area contributed by atoms with Crippen LogP contribution in [0.2, 0.25) is 0 Å². The topological polar surface area (TPSA) is 54.4 Å². The van der Waals surface area contributed by atoms with Gasteiger partial charge in [0.25, 0.3) is 5.91 Å². The first kappa shape index (κ1) is 23.5. The number of morpholine rings is 1. The molecule has 174 valence electrons. The molecule has 1 saturated heterocycles. The van der Waals surface area contributed by atoms with Crippen molar-refractivity contribution in [3.63, 3.8) is 0 Å². The molecule has 2 aromatic rings. The van der Waals surface area contributed by atoms with Crippen LogP contribution in [0.15, 0.2) is 59.2 Å². The summed E-state index contributed by atoms with van der Waals surface area (Å²) in [4.78, 5) is 22.3. The molecule has 0 unspecified atom stereocenters. The van der Waals surface area contributed by atoms with Gasteiger partial charge in [-0.15, -0.1) is 0 Å². The molecule has 2 aromatic carbocycles. The standard InChI is InChI=1S/C26H31N3O3S/c1-19(2)21-9-7-20(8-10-21)17-24-25(30)29(22-5-4-6-23(18-22)31-3)26(27-24)33-16-13-28-11-14-32-15-12-28/h4-10,17-19H,11-16H2,1-3H3. The highest BCUT2D eigenvalue weighted by molar-refractivity contribution is 8.14. The van der Waals surface area contributed by atoms with E-state index < -0.39 is 0 Å². The summed E-state index contributed by atoms with van der Waals surface area (Å²) in [7, 11) is 1.63. The van der Waals surface area contributed by atoms with Crippen LogP contribution in [0.4, 0.5) is 5.69 Å². The number of thioether (sulfide) groups is 1. The highest BCUT2D eigenvalue weighted by atomic mass is 32.2. The van der Waals surface area contributed by atoms with E-state index in [4.69, 9.17) is 14.5 Å². The van der Waals surface area contributed by atoms with Gasteiger partial charge in [0.15, 0.2) is 5.17 Å². The van der Waals surface area contributed by atoms with Crippen molar-refractivity contribution < 1.29 is 14.3 Å². The van der Waals surface area contributed by atoms with Gasteiger partial charge in [-0.05, 0) is 35.3 Å². The maximum Gasteiger partial charge on any atom is 0.283 e.